The zero-order chi connectivity index (χ0) is 17.4. The van der Waals surface area contributed by atoms with Gasteiger partial charge in [-0.1, -0.05) is 12.8 Å². The fourth-order valence-corrected chi connectivity index (χ4v) is 3.84. The molecule has 1 saturated carbocycles. The van der Waals surface area contributed by atoms with E-state index in [-0.39, 0.29) is 12.5 Å². The SMILES string of the molecule is Nc1nn(C(CC(=O)O)C2CCCC2)cc1-c1ncnc2[nH]ccc12. The van der Waals surface area contributed by atoms with Crippen molar-refractivity contribution in [1.29, 1.82) is 0 Å². The molecule has 3 aromatic heterocycles. The van der Waals surface area contributed by atoms with Crippen molar-refractivity contribution in [1.82, 2.24) is 24.7 Å². The van der Waals surface area contributed by atoms with E-state index in [9.17, 15) is 9.90 Å². The van der Waals surface area contributed by atoms with Gasteiger partial charge in [-0.25, -0.2) is 9.97 Å². The summed E-state index contributed by atoms with van der Waals surface area (Å²) < 4.78 is 1.73. The predicted octanol–water partition coefficient (Wildman–Crippen LogP) is 2.61. The minimum absolute atomic E-state index is 0.0502. The lowest BCUT2D eigenvalue weighted by atomic mass is 9.95. The smallest absolute Gasteiger partial charge is 0.305 e. The molecule has 0 saturated heterocycles. The molecule has 8 nitrogen and oxygen atoms in total. The summed E-state index contributed by atoms with van der Waals surface area (Å²) in [5.41, 5.74) is 8.29. The number of aromatic nitrogens is 5. The number of aromatic amines is 1. The molecule has 0 radical (unpaired) electrons. The molecular weight excluding hydrogens is 320 g/mol. The number of aliphatic carboxylic acids is 1. The van der Waals surface area contributed by atoms with Gasteiger partial charge in [0.2, 0.25) is 0 Å². The van der Waals surface area contributed by atoms with Crippen molar-refractivity contribution in [3.63, 3.8) is 0 Å². The van der Waals surface area contributed by atoms with Gasteiger partial charge in [-0.05, 0) is 24.8 Å². The van der Waals surface area contributed by atoms with Gasteiger partial charge in [-0.2, -0.15) is 5.10 Å². The van der Waals surface area contributed by atoms with E-state index in [1.165, 1.54) is 6.33 Å². The van der Waals surface area contributed by atoms with Crippen LogP contribution in [0.5, 0.6) is 0 Å². The summed E-state index contributed by atoms with van der Waals surface area (Å²) in [6.07, 6.45) is 9.50. The first-order valence-electron chi connectivity index (χ1n) is 8.48. The third-order valence-corrected chi connectivity index (χ3v) is 5.04. The van der Waals surface area contributed by atoms with E-state index in [1.54, 1.807) is 10.9 Å². The van der Waals surface area contributed by atoms with E-state index >= 15 is 0 Å². The first-order valence-corrected chi connectivity index (χ1v) is 8.48. The maximum atomic E-state index is 11.3. The lowest BCUT2D eigenvalue weighted by Crippen LogP contribution is -2.21. The van der Waals surface area contributed by atoms with Gasteiger partial charge in [-0.15, -0.1) is 0 Å². The van der Waals surface area contributed by atoms with Crippen LogP contribution in [0.25, 0.3) is 22.3 Å². The number of nitrogens with zero attached hydrogens (tertiary/aromatic N) is 4. The Kier molecular flexibility index (Phi) is 3.87. The first-order chi connectivity index (χ1) is 12.1. The fraction of sp³-hybridized carbons (Fsp3) is 0.412. The van der Waals surface area contributed by atoms with Crippen molar-refractivity contribution in [2.24, 2.45) is 5.92 Å². The van der Waals surface area contributed by atoms with Crippen LogP contribution in [0.2, 0.25) is 0 Å². The number of anilines is 1. The normalized spacial score (nSPS) is 16.5. The number of hydrogen-bond donors (Lipinski definition) is 3. The standard InChI is InChI=1S/C17H20N6O2/c18-16-12(15-11-5-6-19-17(11)21-9-20-15)8-23(22-16)13(7-14(24)25)10-3-1-2-4-10/h5-6,8-10,13H,1-4,7H2,(H2,18,22)(H,24,25)(H,19,20,21). The highest BCUT2D eigenvalue weighted by atomic mass is 16.4. The molecule has 0 aromatic carbocycles. The van der Waals surface area contributed by atoms with Crippen LogP contribution in [-0.4, -0.2) is 35.8 Å². The van der Waals surface area contributed by atoms with Crippen LogP contribution in [0.4, 0.5) is 5.82 Å². The van der Waals surface area contributed by atoms with Gasteiger partial charge in [-0.3, -0.25) is 9.48 Å². The average molecular weight is 340 g/mol. The molecule has 25 heavy (non-hydrogen) atoms. The molecule has 1 aliphatic rings. The molecule has 0 aliphatic heterocycles. The molecule has 0 spiro atoms. The number of rotatable bonds is 5. The zero-order valence-electron chi connectivity index (χ0n) is 13.7. The topological polar surface area (TPSA) is 123 Å². The number of hydrogen-bond acceptors (Lipinski definition) is 5. The zero-order valence-corrected chi connectivity index (χ0v) is 13.7. The molecule has 130 valence electrons. The second-order valence-electron chi connectivity index (χ2n) is 6.58. The van der Waals surface area contributed by atoms with Gasteiger partial charge in [0.05, 0.1) is 23.7 Å². The molecule has 1 atom stereocenters. The molecule has 4 rings (SSSR count). The minimum atomic E-state index is -0.817. The Morgan fingerprint density at radius 2 is 2.20 bits per heavy atom. The van der Waals surface area contributed by atoms with E-state index in [1.807, 2.05) is 12.3 Å². The second-order valence-corrected chi connectivity index (χ2v) is 6.58. The van der Waals surface area contributed by atoms with Gasteiger partial charge in [0.25, 0.3) is 0 Å². The highest BCUT2D eigenvalue weighted by molar-refractivity contribution is 5.92. The lowest BCUT2D eigenvalue weighted by molar-refractivity contribution is -0.138. The number of carbonyl (C=O) groups is 1. The van der Waals surface area contributed by atoms with Crippen LogP contribution in [0, 0.1) is 5.92 Å². The molecule has 0 bridgehead atoms. The summed E-state index contributed by atoms with van der Waals surface area (Å²) in [5, 5.41) is 14.6. The number of nitrogens with one attached hydrogen (secondary N) is 1. The molecule has 3 aromatic rings. The van der Waals surface area contributed by atoms with Crippen molar-refractivity contribution in [3.05, 3.63) is 24.8 Å². The van der Waals surface area contributed by atoms with Gasteiger partial charge in [0, 0.05) is 17.8 Å². The van der Waals surface area contributed by atoms with Crippen molar-refractivity contribution in [2.75, 3.05) is 5.73 Å². The van der Waals surface area contributed by atoms with E-state index in [0.717, 1.165) is 36.7 Å². The third-order valence-electron chi connectivity index (χ3n) is 5.04. The quantitative estimate of drug-likeness (QED) is 0.656. The third kappa shape index (κ3) is 2.84. The number of fused-ring (bicyclic) bond motifs is 1. The summed E-state index contributed by atoms with van der Waals surface area (Å²) in [6.45, 7) is 0. The van der Waals surface area contributed by atoms with E-state index < -0.39 is 5.97 Å². The highest BCUT2D eigenvalue weighted by Gasteiger charge is 2.30. The number of H-pyrrole nitrogens is 1. The van der Waals surface area contributed by atoms with Crippen LogP contribution in [0.3, 0.4) is 0 Å². The van der Waals surface area contributed by atoms with E-state index in [4.69, 9.17) is 5.73 Å². The van der Waals surface area contributed by atoms with Gasteiger partial charge < -0.3 is 15.8 Å². The monoisotopic (exact) mass is 340 g/mol. The number of nitrogen functional groups attached to an aromatic ring is 1. The maximum absolute atomic E-state index is 11.3. The summed E-state index contributed by atoms with van der Waals surface area (Å²) >= 11 is 0. The molecule has 1 unspecified atom stereocenters. The molecule has 1 fully saturated rings. The minimum Gasteiger partial charge on any atom is -0.481 e. The van der Waals surface area contributed by atoms with Gasteiger partial charge >= 0.3 is 5.97 Å². The van der Waals surface area contributed by atoms with Crippen molar-refractivity contribution in [3.8, 4) is 11.3 Å². The summed E-state index contributed by atoms with van der Waals surface area (Å²) in [5.74, 6) is -0.141. The van der Waals surface area contributed by atoms with Crippen LogP contribution < -0.4 is 5.73 Å². The van der Waals surface area contributed by atoms with Crippen LogP contribution >= 0.6 is 0 Å². The number of carboxylic acid groups (broad SMARTS) is 1. The Morgan fingerprint density at radius 1 is 1.40 bits per heavy atom. The number of carboxylic acids is 1. The average Bonchev–Trinajstić information content (AvgIpc) is 3.32. The highest BCUT2D eigenvalue weighted by Crippen LogP contribution is 2.38. The van der Waals surface area contributed by atoms with Crippen LogP contribution in [0.15, 0.2) is 24.8 Å². The van der Waals surface area contributed by atoms with Crippen LogP contribution in [0.1, 0.15) is 38.1 Å². The Balaban J connectivity index is 1.75. The van der Waals surface area contributed by atoms with E-state index in [0.29, 0.717) is 23.0 Å². The molecule has 3 heterocycles. The lowest BCUT2D eigenvalue weighted by Gasteiger charge is -2.22. The molecular formula is C17H20N6O2. The predicted molar refractivity (Wildman–Crippen MR) is 92.8 cm³/mol. The van der Waals surface area contributed by atoms with Gasteiger partial charge in [0.1, 0.15) is 12.0 Å². The first kappa shape index (κ1) is 15.6. The molecule has 4 N–H and O–H groups in total. The molecule has 0 amide bonds. The maximum Gasteiger partial charge on any atom is 0.305 e. The van der Waals surface area contributed by atoms with E-state index in [2.05, 4.69) is 20.1 Å². The molecule has 1 aliphatic carbocycles. The Labute approximate surface area is 144 Å². The van der Waals surface area contributed by atoms with Crippen molar-refractivity contribution >= 4 is 22.8 Å². The molecule has 8 heteroatoms. The summed E-state index contributed by atoms with van der Waals surface area (Å²) in [7, 11) is 0. The second kappa shape index (κ2) is 6.19. The largest absolute Gasteiger partial charge is 0.481 e. The Morgan fingerprint density at radius 3 is 2.96 bits per heavy atom. The fourth-order valence-electron chi connectivity index (χ4n) is 3.84. The number of nitrogens with two attached hydrogens (primary N) is 1. The Bertz CT molecular complexity index is 909. The summed E-state index contributed by atoms with van der Waals surface area (Å²) in [4.78, 5) is 22.9. The summed E-state index contributed by atoms with van der Waals surface area (Å²) in [6, 6.07) is 1.72. The van der Waals surface area contributed by atoms with Crippen LogP contribution in [-0.2, 0) is 4.79 Å². The van der Waals surface area contributed by atoms with Crippen molar-refractivity contribution in [2.45, 2.75) is 38.1 Å². The Hall–Kier alpha value is -2.90. The van der Waals surface area contributed by atoms with Crippen molar-refractivity contribution < 1.29 is 9.90 Å². The van der Waals surface area contributed by atoms with Gasteiger partial charge in [0.15, 0.2) is 5.82 Å².